The fraction of sp³-hybridized carbons (Fsp3) is 0.933. The summed E-state index contributed by atoms with van der Waals surface area (Å²) >= 11 is 0. The average Bonchev–Trinajstić information content (AvgIpc) is 2.75. The van der Waals surface area contributed by atoms with Gasteiger partial charge >= 0.3 is 0 Å². The highest BCUT2D eigenvalue weighted by Gasteiger charge is 2.07. The van der Waals surface area contributed by atoms with Crippen LogP contribution >= 0.6 is 0 Å². The first-order valence-electron chi connectivity index (χ1n) is 14.5. The minimum absolute atomic E-state index is 1.00. The monoisotopic (exact) mass is 420 g/mol. The zero-order valence-corrected chi connectivity index (χ0v) is 21.5. The predicted molar refractivity (Wildman–Crippen MR) is 140 cm³/mol. The van der Waals surface area contributed by atoms with Gasteiger partial charge in [0.2, 0.25) is 0 Å². The van der Waals surface area contributed by atoms with E-state index in [1.54, 1.807) is 0 Å². The highest BCUT2D eigenvalue weighted by molar-refractivity contribution is 4.67. The lowest BCUT2D eigenvalue weighted by Gasteiger charge is -2.15. The van der Waals surface area contributed by atoms with Gasteiger partial charge in [0.05, 0.1) is 0 Å². The van der Waals surface area contributed by atoms with E-state index in [2.05, 4.69) is 26.5 Å². The van der Waals surface area contributed by atoms with Gasteiger partial charge in [-0.3, -0.25) is 0 Å². The smallest absolute Gasteiger partial charge is 0.0353 e. The van der Waals surface area contributed by atoms with Gasteiger partial charge in [0.15, 0.2) is 0 Å². The maximum absolute atomic E-state index is 3.84. The van der Waals surface area contributed by atoms with Gasteiger partial charge in [-0.1, -0.05) is 168 Å². The van der Waals surface area contributed by atoms with Crippen molar-refractivity contribution in [3.63, 3.8) is 0 Å². The van der Waals surface area contributed by atoms with Crippen LogP contribution in [0.25, 0.3) is 0 Å². The Balaban J connectivity index is 3.25. The molecule has 0 aliphatic carbocycles. The number of unbranched alkanes of at least 4 members (excludes halogenated alkanes) is 19. The molecule has 0 heterocycles. The van der Waals surface area contributed by atoms with Crippen molar-refractivity contribution in [3.05, 3.63) is 12.7 Å². The van der Waals surface area contributed by atoms with Crippen LogP contribution in [-0.2, 0) is 0 Å². The highest BCUT2D eigenvalue weighted by atomic mass is 14.1. The number of hydrogen-bond donors (Lipinski definition) is 0. The maximum Gasteiger partial charge on any atom is -0.0353 e. The molecule has 0 aromatic heterocycles. The van der Waals surface area contributed by atoms with Gasteiger partial charge in [-0.2, -0.15) is 0 Å². The van der Waals surface area contributed by atoms with Crippen LogP contribution in [0.2, 0.25) is 0 Å². The van der Waals surface area contributed by atoms with Crippen molar-refractivity contribution in [1.82, 2.24) is 0 Å². The average molecular weight is 421 g/mol. The molecule has 0 radical (unpaired) electrons. The van der Waals surface area contributed by atoms with E-state index >= 15 is 0 Å². The minimum Gasteiger partial charge on any atom is -0.103 e. The molecule has 0 saturated carbocycles. The van der Waals surface area contributed by atoms with Crippen LogP contribution in [0.4, 0.5) is 0 Å². The molecule has 0 N–H and O–H groups in total. The maximum atomic E-state index is 3.84. The molecule has 30 heavy (non-hydrogen) atoms. The molecular weight excluding hydrogens is 360 g/mol. The van der Waals surface area contributed by atoms with Crippen LogP contribution in [0.1, 0.15) is 174 Å². The van der Waals surface area contributed by atoms with Gasteiger partial charge in [-0.15, -0.1) is 6.58 Å². The van der Waals surface area contributed by atoms with Gasteiger partial charge < -0.3 is 0 Å². The summed E-state index contributed by atoms with van der Waals surface area (Å²) in [5.41, 5.74) is 0. The van der Waals surface area contributed by atoms with Crippen molar-refractivity contribution < 1.29 is 0 Å². The van der Waals surface area contributed by atoms with Crippen molar-refractivity contribution in [3.8, 4) is 0 Å². The molecule has 0 fully saturated rings. The summed E-state index contributed by atoms with van der Waals surface area (Å²) in [4.78, 5) is 0. The lowest BCUT2D eigenvalue weighted by atomic mass is 9.91. The first-order valence-corrected chi connectivity index (χ1v) is 14.5. The number of allylic oxidation sites excluding steroid dienone is 1. The Morgan fingerprint density at radius 3 is 1.17 bits per heavy atom. The van der Waals surface area contributed by atoms with Crippen LogP contribution in [-0.4, -0.2) is 0 Å². The summed E-state index contributed by atoms with van der Waals surface area (Å²) in [5.74, 6) is 1.00. The van der Waals surface area contributed by atoms with Crippen molar-refractivity contribution in [2.24, 2.45) is 5.92 Å². The Hall–Kier alpha value is -0.260. The molecule has 0 bridgehead atoms. The number of rotatable bonds is 26. The van der Waals surface area contributed by atoms with Crippen molar-refractivity contribution in [1.29, 1.82) is 0 Å². The molecule has 1 unspecified atom stereocenters. The third-order valence-corrected chi connectivity index (χ3v) is 6.93. The van der Waals surface area contributed by atoms with Gasteiger partial charge in [-0.25, -0.2) is 0 Å². The summed E-state index contributed by atoms with van der Waals surface area (Å²) < 4.78 is 0. The first-order chi connectivity index (χ1) is 14.8. The SMILES string of the molecule is C=CCCCCC(CCC)CCCCCCCCCCCCCCCCCCCC. The molecular formula is C30H60. The van der Waals surface area contributed by atoms with E-state index in [0.29, 0.717) is 0 Å². The van der Waals surface area contributed by atoms with E-state index in [1.807, 2.05) is 0 Å². The second kappa shape index (κ2) is 26.8. The Bertz CT molecular complexity index is 305. The molecule has 0 aliphatic rings. The second-order valence-electron chi connectivity index (χ2n) is 10.0. The van der Waals surface area contributed by atoms with E-state index in [9.17, 15) is 0 Å². The summed E-state index contributed by atoms with van der Waals surface area (Å²) in [7, 11) is 0. The van der Waals surface area contributed by atoms with Gasteiger partial charge in [0.25, 0.3) is 0 Å². The van der Waals surface area contributed by atoms with Gasteiger partial charge in [0.1, 0.15) is 0 Å². The summed E-state index contributed by atoms with van der Waals surface area (Å²) in [6.45, 7) is 8.50. The van der Waals surface area contributed by atoms with Crippen LogP contribution in [0, 0.1) is 5.92 Å². The summed E-state index contributed by atoms with van der Waals surface area (Å²) in [6, 6.07) is 0. The van der Waals surface area contributed by atoms with Crippen molar-refractivity contribution >= 4 is 0 Å². The molecule has 0 aromatic rings. The second-order valence-corrected chi connectivity index (χ2v) is 10.0. The fourth-order valence-electron chi connectivity index (χ4n) is 4.90. The Morgan fingerprint density at radius 1 is 0.433 bits per heavy atom. The molecule has 0 aromatic carbocycles. The van der Waals surface area contributed by atoms with E-state index in [4.69, 9.17) is 0 Å². The zero-order valence-electron chi connectivity index (χ0n) is 21.5. The van der Waals surface area contributed by atoms with E-state index in [-0.39, 0.29) is 0 Å². The summed E-state index contributed by atoms with van der Waals surface area (Å²) in [5, 5.41) is 0. The van der Waals surface area contributed by atoms with E-state index < -0.39 is 0 Å². The van der Waals surface area contributed by atoms with E-state index in [1.165, 1.54) is 161 Å². The molecule has 0 nitrogen and oxygen atoms in total. The molecule has 0 aliphatic heterocycles. The minimum atomic E-state index is 1.00. The van der Waals surface area contributed by atoms with E-state index in [0.717, 1.165) is 5.92 Å². The molecule has 0 saturated heterocycles. The third kappa shape index (κ3) is 24.0. The quantitative estimate of drug-likeness (QED) is 0.0963. The highest BCUT2D eigenvalue weighted by Crippen LogP contribution is 2.23. The Labute approximate surface area is 193 Å². The third-order valence-electron chi connectivity index (χ3n) is 6.93. The fourth-order valence-corrected chi connectivity index (χ4v) is 4.90. The lowest BCUT2D eigenvalue weighted by molar-refractivity contribution is 0.381. The molecule has 0 spiro atoms. The van der Waals surface area contributed by atoms with Gasteiger partial charge in [0, 0.05) is 0 Å². The Morgan fingerprint density at radius 2 is 0.800 bits per heavy atom. The molecule has 180 valence electrons. The van der Waals surface area contributed by atoms with Crippen LogP contribution in [0.15, 0.2) is 12.7 Å². The molecule has 0 amide bonds. The van der Waals surface area contributed by atoms with Crippen molar-refractivity contribution in [2.45, 2.75) is 174 Å². The predicted octanol–water partition coefficient (Wildman–Crippen LogP) is 11.6. The molecule has 0 heteroatoms. The Kier molecular flexibility index (Phi) is 26.5. The topological polar surface area (TPSA) is 0 Å². The standard InChI is InChI=1S/C30H60/c1-4-7-9-11-12-13-14-15-16-17-18-19-20-21-22-23-24-26-29-30(27-6-3)28-25-10-8-5-2/h5,30H,2,4,6-29H2,1,3H3. The summed E-state index contributed by atoms with van der Waals surface area (Å²) in [6.07, 6.45) is 38.3. The number of hydrogen-bond acceptors (Lipinski definition) is 0. The molecule has 1 atom stereocenters. The van der Waals surface area contributed by atoms with Crippen LogP contribution in [0.5, 0.6) is 0 Å². The zero-order chi connectivity index (χ0) is 22.0. The lowest BCUT2D eigenvalue weighted by Crippen LogP contribution is -2.00. The first kappa shape index (κ1) is 29.7. The molecule has 0 rings (SSSR count). The van der Waals surface area contributed by atoms with Crippen molar-refractivity contribution in [2.75, 3.05) is 0 Å². The van der Waals surface area contributed by atoms with Gasteiger partial charge in [-0.05, 0) is 18.8 Å². The van der Waals surface area contributed by atoms with Crippen LogP contribution in [0.3, 0.4) is 0 Å². The largest absolute Gasteiger partial charge is 0.103 e. The normalized spacial score (nSPS) is 12.3. The van der Waals surface area contributed by atoms with Crippen LogP contribution < -0.4 is 0 Å².